The summed E-state index contributed by atoms with van der Waals surface area (Å²) in [7, 11) is 0. The van der Waals surface area contributed by atoms with E-state index in [2.05, 4.69) is 20.8 Å². The van der Waals surface area contributed by atoms with Crippen molar-refractivity contribution in [1.82, 2.24) is 9.47 Å². The first-order valence-corrected chi connectivity index (χ1v) is 6.74. The van der Waals surface area contributed by atoms with E-state index in [1.54, 1.807) is 6.07 Å². The number of aromatic nitrogens is 1. The van der Waals surface area contributed by atoms with E-state index in [9.17, 15) is 4.79 Å². The smallest absolute Gasteiger partial charge is 0.270 e. The van der Waals surface area contributed by atoms with Crippen LogP contribution in [0.1, 0.15) is 44.6 Å². The van der Waals surface area contributed by atoms with Crippen molar-refractivity contribution in [3.05, 3.63) is 18.0 Å². The first-order valence-electron chi connectivity index (χ1n) is 6.74. The van der Waals surface area contributed by atoms with E-state index >= 15 is 0 Å². The Kier molecular flexibility index (Phi) is 5.25. The molecule has 1 rings (SSSR count). The molecule has 0 unspecified atom stereocenters. The molecule has 0 radical (unpaired) electrons. The quantitative estimate of drug-likeness (QED) is 0.845. The number of nitrogens with zero attached hydrogens (tertiary/aromatic N) is 2. The van der Waals surface area contributed by atoms with Gasteiger partial charge in [-0.25, -0.2) is 0 Å². The van der Waals surface area contributed by atoms with Gasteiger partial charge in [0.05, 0.1) is 5.69 Å². The van der Waals surface area contributed by atoms with Gasteiger partial charge < -0.3 is 15.2 Å². The molecule has 4 heteroatoms. The minimum Gasteiger partial charge on any atom is -0.397 e. The Morgan fingerprint density at radius 2 is 2.11 bits per heavy atom. The molecule has 0 saturated heterocycles. The number of hydrogen-bond donors (Lipinski definition) is 1. The lowest BCUT2D eigenvalue weighted by molar-refractivity contribution is 0.0734. The average Bonchev–Trinajstić information content (AvgIpc) is 2.66. The highest BCUT2D eigenvalue weighted by Gasteiger charge is 2.19. The van der Waals surface area contributed by atoms with Gasteiger partial charge in [-0.3, -0.25) is 4.79 Å². The van der Waals surface area contributed by atoms with Crippen LogP contribution in [0.5, 0.6) is 0 Å². The number of nitrogens with two attached hydrogens (primary N) is 1. The SMILES string of the molecule is CCCn1cc(N)cc1C(=O)N(CC)CC(C)C. The molecule has 0 spiro atoms. The topological polar surface area (TPSA) is 51.3 Å². The van der Waals surface area contributed by atoms with Crippen molar-refractivity contribution in [3.8, 4) is 0 Å². The van der Waals surface area contributed by atoms with Gasteiger partial charge in [-0.15, -0.1) is 0 Å². The van der Waals surface area contributed by atoms with Crippen LogP contribution < -0.4 is 5.73 Å². The largest absolute Gasteiger partial charge is 0.397 e. The molecule has 0 aliphatic heterocycles. The van der Waals surface area contributed by atoms with E-state index in [0.717, 1.165) is 26.1 Å². The molecule has 0 aliphatic carbocycles. The van der Waals surface area contributed by atoms with Gasteiger partial charge >= 0.3 is 0 Å². The molecule has 18 heavy (non-hydrogen) atoms. The number of carbonyl (C=O) groups excluding carboxylic acids is 1. The Bertz CT molecular complexity index is 396. The zero-order chi connectivity index (χ0) is 13.7. The maximum absolute atomic E-state index is 12.5. The van der Waals surface area contributed by atoms with E-state index < -0.39 is 0 Å². The maximum atomic E-state index is 12.5. The molecular weight excluding hydrogens is 226 g/mol. The van der Waals surface area contributed by atoms with Crippen LogP contribution in [0.3, 0.4) is 0 Å². The van der Waals surface area contributed by atoms with Crippen LogP contribution in [0.4, 0.5) is 5.69 Å². The Balaban J connectivity index is 2.93. The summed E-state index contributed by atoms with van der Waals surface area (Å²) in [6, 6.07) is 1.78. The molecular formula is C14H25N3O. The second kappa shape index (κ2) is 6.47. The zero-order valence-corrected chi connectivity index (χ0v) is 11.9. The Hall–Kier alpha value is -1.45. The molecule has 0 saturated carbocycles. The van der Waals surface area contributed by atoms with Crippen molar-refractivity contribution >= 4 is 11.6 Å². The van der Waals surface area contributed by atoms with Gasteiger partial charge in [0.1, 0.15) is 5.69 Å². The number of rotatable bonds is 6. The van der Waals surface area contributed by atoms with E-state index in [-0.39, 0.29) is 5.91 Å². The molecule has 4 nitrogen and oxygen atoms in total. The standard InChI is InChI=1S/C14H25N3O/c1-5-7-17-10-12(15)8-13(17)14(18)16(6-2)9-11(3)4/h8,10-11H,5-7,9,15H2,1-4H3. The lowest BCUT2D eigenvalue weighted by Crippen LogP contribution is -2.35. The molecule has 0 bridgehead atoms. The molecule has 0 fully saturated rings. The van der Waals surface area contributed by atoms with Gasteiger partial charge in [0.15, 0.2) is 0 Å². The third-order valence-electron chi connectivity index (χ3n) is 2.86. The van der Waals surface area contributed by atoms with Gasteiger partial charge in [0.2, 0.25) is 0 Å². The lowest BCUT2D eigenvalue weighted by Gasteiger charge is -2.23. The first-order chi connectivity index (χ1) is 8.49. The minimum absolute atomic E-state index is 0.0800. The van der Waals surface area contributed by atoms with Gasteiger partial charge in [-0.05, 0) is 25.3 Å². The molecule has 2 N–H and O–H groups in total. The fourth-order valence-electron chi connectivity index (χ4n) is 2.10. The predicted octanol–water partition coefficient (Wildman–Crippen LogP) is 2.60. The second-order valence-electron chi connectivity index (χ2n) is 5.09. The predicted molar refractivity (Wildman–Crippen MR) is 75.6 cm³/mol. The molecule has 1 amide bonds. The Labute approximate surface area is 110 Å². The highest BCUT2D eigenvalue weighted by atomic mass is 16.2. The summed E-state index contributed by atoms with van der Waals surface area (Å²) < 4.78 is 1.96. The summed E-state index contributed by atoms with van der Waals surface area (Å²) in [5, 5.41) is 0. The highest BCUT2D eigenvalue weighted by Crippen LogP contribution is 2.14. The van der Waals surface area contributed by atoms with Gasteiger partial charge in [0, 0.05) is 25.8 Å². The van der Waals surface area contributed by atoms with Crippen LogP contribution in [-0.2, 0) is 6.54 Å². The highest BCUT2D eigenvalue weighted by molar-refractivity contribution is 5.93. The first kappa shape index (κ1) is 14.6. The van der Waals surface area contributed by atoms with Crippen molar-refractivity contribution in [1.29, 1.82) is 0 Å². The summed E-state index contributed by atoms with van der Waals surface area (Å²) >= 11 is 0. The van der Waals surface area contributed by atoms with Crippen LogP contribution in [0, 0.1) is 5.92 Å². The molecule has 0 aromatic carbocycles. The van der Waals surface area contributed by atoms with Gasteiger partial charge in [0.25, 0.3) is 5.91 Å². The Morgan fingerprint density at radius 3 is 2.61 bits per heavy atom. The van der Waals surface area contributed by atoms with E-state index in [1.807, 2.05) is 22.6 Å². The van der Waals surface area contributed by atoms with E-state index in [4.69, 9.17) is 5.73 Å². The fraction of sp³-hybridized carbons (Fsp3) is 0.643. The number of amides is 1. The van der Waals surface area contributed by atoms with Crippen LogP contribution in [-0.4, -0.2) is 28.5 Å². The summed E-state index contributed by atoms with van der Waals surface area (Å²) in [5.74, 6) is 0.553. The van der Waals surface area contributed by atoms with E-state index in [0.29, 0.717) is 17.3 Å². The lowest BCUT2D eigenvalue weighted by atomic mass is 10.2. The fourth-order valence-corrected chi connectivity index (χ4v) is 2.10. The van der Waals surface area contributed by atoms with Crippen LogP contribution >= 0.6 is 0 Å². The minimum atomic E-state index is 0.0800. The van der Waals surface area contributed by atoms with Crippen molar-refractivity contribution in [2.75, 3.05) is 18.8 Å². The van der Waals surface area contributed by atoms with Crippen LogP contribution in [0.15, 0.2) is 12.3 Å². The number of aryl methyl sites for hydroxylation is 1. The molecule has 1 heterocycles. The molecule has 0 aliphatic rings. The third kappa shape index (κ3) is 3.52. The summed E-state index contributed by atoms with van der Waals surface area (Å²) in [4.78, 5) is 14.4. The average molecular weight is 251 g/mol. The normalized spacial score (nSPS) is 10.9. The maximum Gasteiger partial charge on any atom is 0.270 e. The monoisotopic (exact) mass is 251 g/mol. The molecule has 102 valence electrons. The Morgan fingerprint density at radius 1 is 1.44 bits per heavy atom. The van der Waals surface area contributed by atoms with Gasteiger partial charge in [-0.2, -0.15) is 0 Å². The summed E-state index contributed by atoms with van der Waals surface area (Å²) in [5.41, 5.74) is 7.16. The van der Waals surface area contributed by atoms with Crippen molar-refractivity contribution < 1.29 is 4.79 Å². The van der Waals surface area contributed by atoms with Crippen molar-refractivity contribution in [2.45, 2.75) is 40.7 Å². The van der Waals surface area contributed by atoms with E-state index in [1.165, 1.54) is 0 Å². The zero-order valence-electron chi connectivity index (χ0n) is 11.9. The summed E-state index contributed by atoms with van der Waals surface area (Å²) in [6.07, 6.45) is 2.84. The second-order valence-corrected chi connectivity index (χ2v) is 5.09. The number of anilines is 1. The van der Waals surface area contributed by atoms with Crippen molar-refractivity contribution in [2.24, 2.45) is 5.92 Å². The molecule has 1 aromatic rings. The van der Waals surface area contributed by atoms with Crippen molar-refractivity contribution in [3.63, 3.8) is 0 Å². The molecule has 1 aromatic heterocycles. The van der Waals surface area contributed by atoms with Crippen LogP contribution in [0.25, 0.3) is 0 Å². The van der Waals surface area contributed by atoms with Crippen LogP contribution in [0.2, 0.25) is 0 Å². The van der Waals surface area contributed by atoms with Gasteiger partial charge in [-0.1, -0.05) is 20.8 Å². The number of nitrogen functional groups attached to an aromatic ring is 1. The summed E-state index contributed by atoms with van der Waals surface area (Å²) in [6.45, 7) is 10.7. The molecule has 0 atom stereocenters. The third-order valence-corrected chi connectivity index (χ3v) is 2.86. The number of hydrogen-bond acceptors (Lipinski definition) is 2. The number of carbonyl (C=O) groups is 1.